The molecule has 0 saturated heterocycles. The van der Waals surface area contributed by atoms with E-state index in [1.54, 1.807) is 0 Å². The number of rotatable bonds is 3. The molecule has 1 atom stereocenters. The molecule has 0 bridgehead atoms. The van der Waals surface area contributed by atoms with Gasteiger partial charge in [-0.3, -0.25) is 4.99 Å². The van der Waals surface area contributed by atoms with Crippen LogP contribution in [0.1, 0.15) is 52.4 Å². The van der Waals surface area contributed by atoms with E-state index in [4.69, 9.17) is 0 Å². The van der Waals surface area contributed by atoms with Crippen molar-refractivity contribution in [3.05, 3.63) is 0 Å². The molecule has 3 heteroatoms. The van der Waals surface area contributed by atoms with Crippen LogP contribution in [0.4, 0.5) is 0 Å². The Bertz CT molecular complexity index is 244. The quantitative estimate of drug-likeness (QED) is 0.817. The molecule has 2 rings (SSSR count). The summed E-state index contributed by atoms with van der Waals surface area (Å²) in [7, 11) is 0. The van der Waals surface area contributed by atoms with Crippen LogP contribution < -0.4 is 5.32 Å². The van der Waals surface area contributed by atoms with E-state index in [9.17, 15) is 0 Å². The van der Waals surface area contributed by atoms with Crippen LogP contribution in [0.2, 0.25) is 0 Å². The molecule has 16 heavy (non-hydrogen) atoms. The standard InChI is InChI=1S/C13H24N2S/c1-10(2)8-12-9-14-13(16-12)15-11-6-4-3-5-7-11/h10-12H,3-9H2,1-2H3,(H,14,15). The highest BCUT2D eigenvalue weighted by atomic mass is 32.2. The number of nitrogens with zero attached hydrogens (tertiary/aromatic N) is 1. The van der Waals surface area contributed by atoms with Gasteiger partial charge in [0.15, 0.2) is 5.17 Å². The molecule has 1 aliphatic heterocycles. The second kappa shape index (κ2) is 5.95. The minimum absolute atomic E-state index is 0.706. The van der Waals surface area contributed by atoms with E-state index in [-0.39, 0.29) is 0 Å². The minimum atomic E-state index is 0.706. The van der Waals surface area contributed by atoms with Crippen molar-refractivity contribution in [1.29, 1.82) is 0 Å². The number of nitrogens with one attached hydrogen (secondary N) is 1. The van der Waals surface area contributed by atoms with Crippen LogP contribution in [-0.4, -0.2) is 23.0 Å². The van der Waals surface area contributed by atoms with Crippen molar-refractivity contribution in [2.75, 3.05) is 6.54 Å². The Morgan fingerprint density at radius 3 is 2.75 bits per heavy atom. The molecule has 0 spiro atoms. The lowest BCUT2D eigenvalue weighted by Crippen LogP contribution is -2.34. The van der Waals surface area contributed by atoms with Crippen LogP contribution in [0.3, 0.4) is 0 Å². The van der Waals surface area contributed by atoms with Crippen molar-refractivity contribution < 1.29 is 0 Å². The fourth-order valence-corrected chi connectivity index (χ4v) is 3.90. The predicted molar refractivity (Wildman–Crippen MR) is 73.1 cm³/mol. The molecular formula is C13H24N2S. The van der Waals surface area contributed by atoms with Crippen molar-refractivity contribution in [2.24, 2.45) is 10.9 Å². The predicted octanol–water partition coefficient (Wildman–Crippen LogP) is 3.43. The Morgan fingerprint density at radius 1 is 1.31 bits per heavy atom. The maximum absolute atomic E-state index is 4.63. The third kappa shape index (κ3) is 3.69. The Balaban J connectivity index is 1.71. The maximum atomic E-state index is 4.63. The van der Waals surface area contributed by atoms with Gasteiger partial charge in [0.05, 0.1) is 6.54 Å². The maximum Gasteiger partial charge on any atom is 0.157 e. The first-order valence-electron chi connectivity index (χ1n) is 6.71. The van der Waals surface area contributed by atoms with Gasteiger partial charge in [0, 0.05) is 11.3 Å². The molecule has 1 N–H and O–H groups in total. The molecule has 92 valence electrons. The van der Waals surface area contributed by atoms with E-state index in [0.29, 0.717) is 6.04 Å². The van der Waals surface area contributed by atoms with Crippen LogP contribution in [0.5, 0.6) is 0 Å². The second-order valence-electron chi connectivity index (χ2n) is 5.49. The van der Waals surface area contributed by atoms with Gasteiger partial charge in [-0.15, -0.1) is 0 Å². The first kappa shape index (κ1) is 12.3. The van der Waals surface area contributed by atoms with Crippen LogP contribution in [-0.2, 0) is 0 Å². The molecule has 1 unspecified atom stereocenters. The number of hydrogen-bond acceptors (Lipinski definition) is 3. The van der Waals surface area contributed by atoms with Crippen LogP contribution in [0, 0.1) is 5.92 Å². The Morgan fingerprint density at radius 2 is 2.06 bits per heavy atom. The third-order valence-electron chi connectivity index (χ3n) is 3.38. The Labute approximate surface area is 104 Å². The zero-order chi connectivity index (χ0) is 11.4. The highest BCUT2D eigenvalue weighted by Crippen LogP contribution is 2.27. The number of thioether (sulfide) groups is 1. The lowest BCUT2D eigenvalue weighted by molar-refractivity contribution is 0.415. The second-order valence-corrected chi connectivity index (χ2v) is 6.78. The smallest absolute Gasteiger partial charge is 0.157 e. The highest BCUT2D eigenvalue weighted by Gasteiger charge is 2.23. The zero-order valence-electron chi connectivity index (χ0n) is 10.5. The average Bonchev–Trinajstić information content (AvgIpc) is 2.66. The van der Waals surface area contributed by atoms with E-state index >= 15 is 0 Å². The Hall–Kier alpha value is -0.180. The van der Waals surface area contributed by atoms with Gasteiger partial charge in [-0.05, 0) is 25.2 Å². The zero-order valence-corrected chi connectivity index (χ0v) is 11.4. The van der Waals surface area contributed by atoms with Gasteiger partial charge in [-0.2, -0.15) is 0 Å². The summed E-state index contributed by atoms with van der Waals surface area (Å²) in [5.41, 5.74) is 0. The molecule has 1 fully saturated rings. The van der Waals surface area contributed by atoms with Gasteiger partial charge >= 0.3 is 0 Å². The van der Waals surface area contributed by atoms with Gasteiger partial charge in [0.25, 0.3) is 0 Å². The third-order valence-corrected chi connectivity index (χ3v) is 4.53. The summed E-state index contributed by atoms with van der Waals surface area (Å²) >= 11 is 1.97. The highest BCUT2D eigenvalue weighted by molar-refractivity contribution is 8.14. The fraction of sp³-hybridized carbons (Fsp3) is 0.923. The monoisotopic (exact) mass is 240 g/mol. The summed E-state index contributed by atoms with van der Waals surface area (Å²) < 4.78 is 0. The fourth-order valence-electron chi connectivity index (χ4n) is 2.57. The van der Waals surface area contributed by atoms with Crippen LogP contribution in [0.25, 0.3) is 0 Å². The molecule has 2 aliphatic rings. The average molecular weight is 240 g/mol. The molecule has 1 heterocycles. The Kier molecular flexibility index (Phi) is 4.56. The summed E-state index contributed by atoms with van der Waals surface area (Å²) in [4.78, 5) is 4.63. The summed E-state index contributed by atoms with van der Waals surface area (Å²) in [6.45, 7) is 5.62. The lowest BCUT2D eigenvalue weighted by atomic mass is 9.96. The molecule has 0 aromatic carbocycles. The minimum Gasteiger partial charge on any atom is -0.362 e. The van der Waals surface area contributed by atoms with Crippen molar-refractivity contribution in [3.8, 4) is 0 Å². The van der Waals surface area contributed by atoms with Crippen molar-refractivity contribution >= 4 is 16.9 Å². The summed E-state index contributed by atoms with van der Waals surface area (Å²) in [5.74, 6) is 0.793. The van der Waals surface area contributed by atoms with Crippen molar-refractivity contribution in [2.45, 2.75) is 63.7 Å². The molecule has 1 saturated carbocycles. The van der Waals surface area contributed by atoms with E-state index in [1.807, 2.05) is 11.8 Å². The molecule has 0 amide bonds. The normalized spacial score (nSPS) is 27.2. The molecule has 1 aliphatic carbocycles. The first-order valence-corrected chi connectivity index (χ1v) is 7.59. The summed E-state index contributed by atoms with van der Waals surface area (Å²) in [6, 6.07) is 0.706. The lowest BCUT2D eigenvalue weighted by Gasteiger charge is -2.23. The number of amidine groups is 1. The number of hydrogen-bond donors (Lipinski definition) is 1. The molecule has 0 aromatic rings. The van der Waals surface area contributed by atoms with E-state index in [1.165, 1.54) is 43.7 Å². The van der Waals surface area contributed by atoms with Gasteiger partial charge in [0.2, 0.25) is 0 Å². The van der Waals surface area contributed by atoms with Gasteiger partial charge < -0.3 is 5.32 Å². The van der Waals surface area contributed by atoms with Gasteiger partial charge in [-0.25, -0.2) is 0 Å². The largest absolute Gasteiger partial charge is 0.362 e. The molecule has 0 aromatic heterocycles. The van der Waals surface area contributed by atoms with E-state index in [2.05, 4.69) is 24.2 Å². The molecular weight excluding hydrogens is 216 g/mol. The topological polar surface area (TPSA) is 24.4 Å². The first-order chi connectivity index (χ1) is 7.74. The molecule has 2 nitrogen and oxygen atoms in total. The summed E-state index contributed by atoms with van der Waals surface area (Å²) in [5, 5.41) is 5.58. The van der Waals surface area contributed by atoms with E-state index < -0.39 is 0 Å². The molecule has 0 radical (unpaired) electrons. The van der Waals surface area contributed by atoms with Crippen LogP contribution >= 0.6 is 11.8 Å². The van der Waals surface area contributed by atoms with E-state index in [0.717, 1.165) is 17.7 Å². The van der Waals surface area contributed by atoms with Gasteiger partial charge in [0.1, 0.15) is 0 Å². The van der Waals surface area contributed by atoms with Crippen molar-refractivity contribution in [3.63, 3.8) is 0 Å². The van der Waals surface area contributed by atoms with Crippen molar-refractivity contribution in [1.82, 2.24) is 5.32 Å². The summed E-state index contributed by atoms with van der Waals surface area (Å²) in [6.07, 6.45) is 8.19. The van der Waals surface area contributed by atoms with Crippen LogP contribution in [0.15, 0.2) is 4.99 Å². The van der Waals surface area contributed by atoms with Gasteiger partial charge in [-0.1, -0.05) is 44.9 Å². The number of aliphatic imine (C=N–C) groups is 1. The SMILES string of the molecule is CC(C)CC1CN=C(NC2CCCCC2)S1.